The van der Waals surface area contributed by atoms with Crippen molar-refractivity contribution >= 4 is 17.5 Å². The number of amides is 2. The van der Waals surface area contributed by atoms with E-state index >= 15 is 0 Å². The van der Waals surface area contributed by atoms with Gasteiger partial charge in [0, 0.05) is 23.7 Å². The van der Waals surface area contributed by atoms with E-state index in [1.165, 1.54) is 12.1 Å². The molecule has 0 aliphatic heterocycles. The molecule has 27 heavy (non-hydrogen) atoms. The monoisotopic (exact) mass is 379 g/mol. The van der Waals surface area contributed by atoms with Crippen LogP contribution in [0.1, 0.15) is 33.9 Å². The molecule has 2 rings (SSSR count). The lowest BCUT2D eigenvalue weighted by Crippen LogP contribution is -2.33. The Bertz CT molecular complexity index is 808. The van der Waals surface area contributed by atoms with Crippen LogP contribution in [-0.2, 0) is 4.79 Å². The first-order valence-electron chi connectivity index (χ1n) is 8.21. The number of anilines is 1. The molecule has 5 nitrogen and oxygen atoms in total. The number of aryl methyl sites for hydroxylation is 1. The minimum atomic E-state index is -4.50. The highest BCUT2D eigenvalue weighted by molar-refractivity contribution is 5.97. The van der Waals surface area contributed by atoms with Crippen LogP contribution in [0.5, 0.6) is 0 Å². The highest BCUT2D eigenvalue weighted by Crippen LogP contribution is 2.20. The number of nitrogens with two attached hydrogens (primary N) is 1. The van der Waals surface area contributed by atoms with Gasteiger partial charge in [0.1, 0.15) is 6.54 Å². The third kappa shape index (κ3) is 6.41. The Hall–Kier alpha value is -2.87. The lowest BCUT2D eigenvalue weighted by Gasteiger charge is -2.14. The van der Waals surface area contributed by atoms with Crippen LogP contribution < -0.4 is 16.4 Å². The second kappa shape index (κ2) is 8.68. The van der Waals surface area contributed by atoms with Crippen molar-refractivity contribution < 1.29 is 22.8 Å². The first kappa shape index (κ1) is 20.4. The minimum Gasteiger partial charge on any atom is -0.343 e. The lowest BCUT2D eigenvalue weighted by atomic mass is 10.0. The van der Waals surface area contributed by atoms with Crippen LogP contribution in [0.15, 0.2) is 48.5 Å². The number of hydrogen-bond donors (Lipinski definition) is 3. The number of rotatable bonds is 6. The predicted molar refractivity (Wildman–Crippen MR) is 96.2 cm³/mol. The molecule has 8 heteroatoms. The molecule has 1 unspecified atom stereocenters. The van der Waals surface area contributed by atoms with Gasteiger partial charge < -0.3 is 16.4 Å². The van der Waals surface area contributed by atoms with Crippen molar-refractivity contribution in [3.8, 4) is 0 Å². The Morgan fingerprint density at radius 1 is 1.11 bits per heavy atom. The fourth-order valence-corrected chi connectivity index (χ4v) is 2.40. The van der Waals surface area contributed by atoms with Gasteiger partial charge in [-0.15, -0.1) is 0 Å². The van der Waals surface area contributed by atoms with Gasteiger partial charge in [0.25, 0.3) is 5.91 Å². The summed E-state index contributed by atoms with van der Waals surface area (Å²) in [5.41, 5.74) is 7.86. The average molecular weight is 379 g/mol. The van der Waals surface area contributed by atoms with Crippen molar-refractivity contribution in [3.05, 3.63) is 65.2 Å². The molecule has 2 aromatic rings. The summed E-state index contributed by atoms with van der Waals surface area (Å²) in [6.45, 7) is 0.289. The van der Waals surface area contributed by atoms with E-state index in [9.17, 15) is 22.8 Å². The van der Waals surface area contributed by atoms with Crippen molar-refractivity contribution in [2.24, 2.45) is 5.73 Å². The number of nitrogens with one attached hydrogen (secondary N) is 2. The Balaban J connectivity index is 2.03. The van der Waals surface area contributed by atoms with Crippen LogP contribution in [0.4, 0.5) is 18.9 Å². The molecule has 144 valence electrons. The zero-order valence-electron chi connectivity index (χ0n) is 14.6. The molecule has 0 aliphatic carbocycles. The third-order valence-corrected chi connectivity index (χ3v) is 3.86. The van der Waals surface area contributed by atoms with E-state index in [-0.39, 0.29) is 17.9 Å². The van der Waals surface area contributed by atoms with Crippen LogP contribution >= 0.6 is 0 Å². The van der Waals surface area contributed by atoms with Crippen LogP contribution in [0.2, 0.25) is 0 Å². The highest BCUT2D eigenvalue weighted by Gasteiger charge is 2.28. The third-order valence-electron chi connectivity index (χ3n) is 3.86. The highest BCUT2D eigenvalue weighted by atomic mass is 19.4. The molecule has 1 atom stereocenters. The van der Waals surface area contributed by atoms with E-state index in [1.54, 1.807) is 18.3 Å². The van der Waals surface area contributed by atoms with E-state index in [1.807, 2.05) is 30.3 Å². The maximum atomic E-state index is 12.2. The van der Waals surface area contributed by atoms with E-state index in [2.05, 4.69) is 5.32 Å². The fourth-order valence-electron chi connectivity index (χ4n) is 2.40. The zero-order valence-corrected chi connectivity index (χ0v) is 14.6. The molecular formula is C19H20F3N3O2. The number of alkyl halides is 3. The van der Waals surface area contributed by atoms with Crippen molar-refractivity contribution in [3.63, 3.8) is 0 Å². The summed E-state index contributed by atoms with van der Waals surface area (Å²) in [4.78, 5) is 24.1. The van der Waals surface area contributed by atoms with Gasteiger partial charge in [-0.25, -0.2) is 0 Å². The molecule has 0 bridgehead atoms. The Labute approximate surface area is 154 Å². The molecule has 0 spiro atoms. The normalized spacial score (nSPS) is 12.3. The van der Waals surface area contributed by atoms with Crippen molar-refractivity contribution in [1.29, 1.82) is 0 Å². The summed E-state index contributed by atoms with van der Waals surface area (Å²) in [7, 11) is 0. The topological polar surface area (TPSA) is 84.2 Å². The van der Waals surface area contributed by atoms with Gasteiger partial charge in [-0.2, -0.15) is 13.2 Å². The first-order chi connectivity index (χ1) is 12.7. The standard InChI is InChI=1S/C19H20F3N3O2/c1-12-7-8-14(18(27)24-11-19(20,21)22)9-16(12)25-17(26)10-15(23)13-5-3-2-4-6-13/h2-9,15H,10-11,23H2,1H3,(H,24,27)(H,25,26). The van der Waals surface area contributed by atoms with Gasteiger partial charge in [0.15, 0.2) is 0 Å². The second-order valence-corrected chi connectivity index (χ2v) is 6.10. The average Bonchev–Trinajstić information content (AvgIpc) is 2.61. The van der Waals surface area contributed by atoms with E-state index < -0.39 is 24.7 Å². The molecule has 0 heterocycles. The van der Waals surface area contributed by atoms with Crippen LogP contribution in [-0.4, -0.2) is 24.5 Å². The van der Waals surface area contributed by atoms with E-state index in [0.717, 1.165) is 5.56 Å². The van der Waals surface area contributed by atoms with Gasteiger partial charge in [0.2, 0.25) is 5.91 Å². The largest absolute Gasteiger partial charge is 0.405 e. The molecule has 0 radical (unpaired) electrons. The van der Waals surface area contributed by atoms with Gasteiger partial charge in [-0.1, -0.05) is 36.4 Å². The second-order valence-electron chi connectivity index (χ2n) is 6.10. The Morgan fingerprint density at radius 3 is 2.41 bits per heavy atom. The predicted octanol–water partition coefficient (Wildman–Crippen LogP) is 3.32. The first-order valence-corrected chi connectivity index (χ1v) is 8.21. The summed E-state index contributed by atoms with van der Waals surface area (Å²) < 4.78 is 36.7. The maximum Gasteiger partial charge on any atom is 0.405 e. The van der Waals surface area contributed by atoms with Crippen LogP contribution in [0.25, 0.3) is 0 Å². The van der Waals surface area contributed by atoms with Crippen LogP contribution in [0.3, 0.4) is 0 Å². The summed E-state index contributed by atoms with van der Waals surface area (Å²) in [5, 5.41) is 4.45. The Morgan fingerprint density at radius 2 is 1.78 bits per heavy atom. The molecule has 0 aliphatic rings. The van der Waals surface area contributed by atoms with E-state index in [4.69, 9.17) is 5.73 Å². The smallest absolute Gasteiger partial charge is 0.343 e. The lowest BCUT2D eigenvalue weighted by molar-refractivity contribution is -0.123. The van der Waals surface area contributed by atoms with Crippen LogP contribution in [0, 0.1) is 6.92 Å². The molecule has 2 amide bonds. The Kier molecular flexibility index (Phi) is 6.57. The molecule has 0 aromatic heterocycles. The van der Waals surface area contributed by atoms with Gasteiger partial charge in [-0.3, -0.25) is 9.59 Å². The summed E-state index contributed by atoms with van der Waals surface area (Å²) in [6, 6.07) is 12.9. The molecule has 2 aromatic carbocycles. The number of hydrogen-bond acceptors (Lipinski definition) is 3. The summed E-state index contributed by atoms with van der Waals surface area (Å²) >= 11 is 0. The van der Waals surface area contributed by atoms with Crippen molar-refractivity contribution in [1.82, 2.24) is 5.32 Å². The molecule has 0 saturated carbocycles. The molecule has 4 N–H and O–H groups in total. The fraction of sp³-hybridized carbons (Fsp3) is 0.263. The van der Waals surface area contributed by atoms with Gasteiger partial charge in [-0.05, 0) is 30.2 Å². The SMILES string of the molecule is Cc1ccc(C(=O)NCC(F)(F)F)cc1NC(=O)CC(N)c1ccccc1. The van der Waals surface area contributed by atoms with Crippen molar-refractivity contribution in [2.75, 3.05) is 11.9 Å². The van der Waals surface area contributed by atoms with Gasteiger partial charge >= 0.3 is 6.18 Å². The van der Waals surface area contributed by atoms with Gasteiger partial charge in [0.05, 0.1) is 0 Å². The maximum absolute atomic E-state index is 12.2. The summed E-state index contributed by atoms with van der Waals surface area (Å²) in [6.07, 6.45) is -4.47. The number of carbonyl (C=O) groups excluding carboxylic acids is 2. The number of carbonyl (C=O) groups is 2. The van der Waals surface area contributed by atoms with E-state index in [0.29, 0.717) is 11.3 Å². The number of benzene rings is 2. The molecule has 0 saturated heterocycles. The quantitative estimate of drug-likeness (QED) is 0.720. The molecule has 0 fully saturated rings. The zero-order chi connectivity index (χ0) is 20.0. The number of halogens is 3. The van der Waals surface area contributed by atoms with Crippen molar-refractivity contribution in [2.45, 2.75) is 25.6 Å². The minimum absolute atomic E-state index is 0.0208. The molecular weight excluding hydrogens is 359 g/mol. The summed E-state index contributed by atoms with van der Waals surface area (Å²) in [5.74, 6) is -1.23.